The molecule has 0 N–H and O–H groups in total. The van der Waals surface area contributed by atoms with Crippen LogP contribution in [-0.2, 0) is 16.2 Å². The van der Waals surface area contributed by atoms with E-state index in [0.29, 0.717) is 0 Å². The molecule has 0 amide bonds. The molecular formula is C52H47N. The van der Waals surface area contributed by atoms with Gasteiger partial charge < -0.3 is 4.90 Å². The number of anilines is 3. The second kappa shape index (κ2) is 10.2. The molecule has 260 valence electrons. The number of nitrogens with zero attached hydrogens (tertiary/aromatic N) is 1. The lowest BCUT2D eigenvalue weighted by Gasteiger charge is -2.61. The molecule has 0 unspecified atom stereocenters. The fourth-order valence-corrected chi connectivity index (χ4v) is 13.4. The smallest absolute Gasteiger partial charge is 0.0468 e. The van der Waals surface area contributed by atoms with Gasteiger partial charge in [0.1, 0.15) is 0 Å². The molecule has 0 heterocycles. The van der Waals surface area contributed by atoms with Crippen LogP contribution in [0.1, 0.15) is 93.2 Å². The summed E-state index contributed by atoms with van der Waals surface area (Å²) in [7, 11) is 0. The third kappa shape index (κ3) is 3.79. The van der Waals surface area contributed by atoms with Crippen molar-refractivity contribution in [2.45, 2.75) is 76.0 Å². The van der Waals surface area contributed by atoms with Gasteiger partial charge in [0.05, 0.1) is 0 Å². The van der Waals surface area contributed by atoms with Crippen molar-refractivity contribution in [3.8, 4) is 33.4 Å². The molecule has 1 spiro atoms. The molecule has 1 nitrogen and oxygen atoms in total. The summed E-state index contributed by atoms with van der Waals surface area (Å²) in [4.78, 5) is 2.57. The van der Waals surface area contributed by atoms with E-state index < -0.39 is 0 Å². The first kappa shape index (κ1) is 30.6. The van der Waals surface area contributed by atoms with Gasteiger partial charge >= 0.3 is 0 Å². The number of benzene rings is 6. The summed E-state index contributed by atoms with van der Waals surface area (Å²) in [6.07, 6.45) is 7.13. The van der Waals surface area contributed by atoms with Gasteiger partial charge in [0.15, 0.2) is 0 Å². The van der Waals surface area contributed by atoms with Crippen molar-refractivity contribution in [1.29, 1.82) is 0 Å². The van der Waals surface area contributed by atoms with Crippen LogP contribution in [0.4, 0.5) is 17.1 Å². The molecule has 0 atom stereocenters. The monoisotopic (exact) mass is 685 g/mol. The van der Waals surface area contributed by atoms with Crippen LogP contribution >= 0.6 is 0 Å². The Balaban J connectivity index is 1.07. The molecule has 4 fully saturated rings. The van der Waals surface area contributed by atoms with Crippen LogP contribution in [0.5, 0.6) is 0 Å². The van der Waals surface area contributed by atoms with Crippen molar-refractivity contribution in [3.63, 3.8) is 0 Å². The molecule has 0 aromatic heterocycles. The molecule has 6 aromatic carbocycles. The zero-order valence-electron chi connectivity index (χ0n) is 31.4. The quantitative estimate of drug-likeness (QED) is 0.179. The molecule has 4 saturated carbocycles. The van der Waals surface area contributed by atoms with Crippen LogP contribution < -0.4 is 4.90 Å². The Morgan fingerprint density at radius 3 is 1.40 bits per heavy atom. The molecule has 0 saturated heterocycles. The zero-order valence-corrected chi connectivity index (χ0v) is 31.4. The average Bonchev–Trinajstić information content (AvgIpc) is 3.68. The summed E-state index contributed by atoms with van der Waals surface area (Å²) in [5, 5.41) is 0. The fourth-order valence-electron chi connectivity index (χ4n) is 13.4. The topological polar surface area (TPSA) is 3.24 Å². The lowest BCUT2D eigenvalue weighted by Crippen LogP contribution is -2.55. The molecule has 13 rings (SSSR count). The molecular weight excluding hydrogens is 639 g/mol. The van der Waals surface area contributed by atoms with Crippen LogP contribution in [0.2, 0.25) is 0 Å². The van der Waals surface area contributed by atoms with E-state index in [1.807, 2.05) is 0 Å². The SMILES string of the molecule is CC1(C)c2ccccc2-c2cc(N(c3ccc4c(c3)-c3ccccc3C43C4CC5CC(C4)CC3C5)c3ccc4c(c3)C(C)(C)c3ccccc3-4)ccc21. The zero-order chi connectivity index (χ0) is 35.4. The molecule has 0 aliphatic heterocycles. The van der Waals surface area contributed by atoms with Crippen molar-refractivity contribution in [3.05, 3.63) is 161 Å². The Labute approximate surface area is 314 Å². The number of rotatable bonds is 3. The van der Waals surface area contributed by atoms with Gasteiger partial charge in [-0.25, -0.2) is 0 Å². The third-order valence-corrected chi connectivity index (χ3v) is 15.4. The summed E-state index contributed by atoms with van der Waals surface area (Å²) in [5.41, 5.74) is 21.1. The van der Waals surface area contributed by atoms with Gasteiger partial charge in [0.25, 0.3) is 0 Å². The van der Waals surface area contributed by atoms with Crippen LogP contribution in [0.3, 0.4) is 0 Å². The molecule has 7 aliphatic carbocycles. The maximum Gasteiger partial charge on any atom is 0.0468 e. The van der Waals surface area contributed by atoms with Gasteiger partial charge in [0, 0.05) is 33.3 Å². The fraction of sp³-hybridized carbons (Fsp3) is 0.308. The van der Waals surface area contributed by atoms with E-state index in [9.17, 15) is 0 Å². The normalized spacial score (nSPS) is 26.5. The summed E-state index contributed by atoms with van der Waals surface area (Å²) in [6, 6.07) is 49.8. The predicted octanol–water partition coefficient (Wildman–Crippen LogP) is 13.5. The number of fused-ring (bicyclic) bond motifs is 9. The maximum absolute atomic E-state index is 2.58. The summed E-state index contributed by atoms with van der Waals surface area (Å²) >= 11 is 0. The maximum atomic E-state index is 2.58. The van der Waals surface area contributed by atoms with Crippen LogP contribution in [0.15, 0.2) is 127 Å². The molecule has 0 radical (unpaired) electrons. The highest BCUT2D eigenvalue weighted by atomic mass is 15.1. The highest BCUT2D eigenvalue weighted by Gasteiger charge is 2.61. The third-order valence-electron chi connectivity index (χ3n) is 15.4. The Morgan fingerprint density at radius 1 is 0.377 bits per heavy atom. The van der Waals surface area contributed by atoms with E-state index in [2.05, 4.69) is 160 Å². The first-order chi connectivity index (χ1) is 25.7. The first-order valence-corrected chi connectivity index (χ1v) is 20.3. The second-order valence-electron chi connectivity index (χ2n) is 18.6. The van der Waals surface area contributed by atoms with Crippen molar-refractivity contribution in [2.24, 2.45) is 23.7 Å². The van der Waals surface area contributed by atoms with Crippen molar-refractivity contribution < 1.29 is 0 Å². The minimum atomic E-state index is -0.0722. The van der Waals surface area contributed by atoms with Crippen LogP contribution in [0, 0.1) is 23.7 Å². The Kier molecular flexibility index (Phi) is 5.88. The van der Waals surface area contributed by atoms with Gasteiger partial charge in [-0.15, -0.1) is 0 Å². The molecule has 53 heavy (non-hydrogen) atoms. The highest BCUT2D eigenvalue weighted by Crippen LogP contribution is 2.69. The Morgan fingerprint density at radius 2 is 0.774 bits per heavy atom. The van der Waals surface area contributed by atoms with Gasteiger partial charge in [-0.1, -0.05) is 119 Å². The van der Waals surface area contributed by atoms with E-state index >= 15 is 0 Å². The van der Waals surface area contributed by atoms with Gasteiger partial charge in [-0.05, 0) is 159 Å². The summed E-state index contributed by atoms with van der Waals surface area (Å²) in [5.74, 6) is 3.42. The number of hydrogen-bond acceptors (Lipinski definition) is 1. The summed E-state index contributed by atoms with van der Waals surface area (Å²) < 4.78 is 0. The second-order valence-corrected chi connectivity index (χ2v) is 18.6. The molecule has 4 bridgehead atoms. The van der Waals surface area contributed by atoms with E-state index in [1.165, 1.54) is 105 Å². The van der Waals surface area contributed by atoms with E-state index in [0.717, 1.165) is 23.7 Å². The lowest BCUT2D eigenvalue weighted by molar-refractivity contribution is -0.0399. The lowest BCUT2D eigenvalue weighted by atomic mass is 9.43. The largest absolute Gasteiger partial charge is 0.310 e. The Bertz CT molecular complexity index is 2520. The van der Waals surface area contributed by atoms with E-state index in [1.54, 1.807) is 11.1 Å². The molecule has 7 aliphatic rings. The average molecular weight is 686 g/mol. The number of hydrogen-bond donors (Lipinski definition) is 0. The highest BCUT2D eigenvalue weighted by molar-refractivity contribution is 5.91. The first-order valence-electron chi connectivity index (χ1n) is 20.3. The Hall–Kier alpha value is -4.88. The van der Waals surface area contributed by atoms with E-state index in [4.69, 9.17) is 0 Å². The van der Waals surface area contributed by atoms with Crippen molar-refractivity contribution in [2.75, 3.05) is 4.90 Å². The van der Waals surface area contributed by atoms with Crippen molar-refractivity contribution >= 4 is 17.1 Å². The molecule has 1 heteroatoms. The molecule has 6 aromatic rings. The summed E-state index contributed by atoms with van der Waals surface area (Å²) in [6.45, 7) is 9.56. The predicted molar refractivity (Wildman–Crippen MR) is 220 cm³/mol. The van der Waals surface area contributed by atoms with E-state index in [-0.39, 0.29) is 16.2 Å². The van der Waals surface area contributed by atoms with Crippen LogP contribution in [-0.4, -0.2) is 0 Å². The van der Waals surface area contributed by atoms with Gasteiger partial charge in [-0.3, -0.25) is 0 Å². The minimum Gasteiger partial charge on any atom is -0.310 e. The van der Waals surface area contributed by atoms with Crippen LogP contribution in [0.25, 0.3) is 33.4 Å². The van der Waals surface area contributed by atoms with Gasteiger partial charge in [-0.2, -0.15) is 0 Å². The standard InChI is InChI=1S/C52H47N/c1-50(2)45-15-9-6-12-39(45)42-28-35(18-21-46(42)50)53(37-17-20-41-38-11-5-8-14-44(38)51(3,4)49(41)30-37)36-19-22-48-43(29-36)40-13-7-10-16-47(40)52(48)33-24-31-23-32(26-33)27-34(52)25-31/h5-22,28-34H,23-27H2,1-4H3. The van der Waals surface area contributed by atoms with Crippen molar-refractivity contribution in [1.82, 2.24) is 0 Å². The minimum absolute atomic E-state index is 0.0249. The van der Waals surface area contributed by atoms with Gasteiger partial charge in [0.2, 0.25) is 0 Å².